The third-order valence-corrected chi connectivity index (χ3v) is 8.20. The molecule has 3 aromatic rings. The first-order chi connectivity index (χ1) is 20.2. The number of amides is 1. The molecule has 2 aliphatic carbocycles. The Bertz CT molecular complexity index is 1520. The summed E-state index contributed by atoms with van der Waals surface area (Å²) in [5, 5.41) is 14.8. The van der Waals surface area contributed by atoms with Gasteiger partial charge in [-0.25, -0.2) is 42.3 Å². The normalized spacial score (nSPS) is 20.3. The van der Waals surface area contributed by atoms with E-state index in [1.807, 2.05) is 11.0 Å². The number of fused-ring (bicyclic) bond motifs is 1. The summed E-state index contributed by atoms with van der Waals surface area (Å²) < 4.78 is 82.3. The summed E-state index contributed by atoms with van der Waals surface area (Å²) in [6.07, 6.45) is -3.01. The predicted molar refractivity (Wildman–Crippen MR) is 145 cm³/mol. The number of carbonyl (C=O) groups is 1. The minimum absolute atomic E-state index is 0.0314. The van der Waals surface area contributed by atoms with Crippen molar-refractivity contribution in [3.8, 4) is 11.3 Å². The van der Waals surface area contributed by atoms with Gasteiger partial charge in [0.1, 0.15) is 11.2 Å². The van der Waals surface area contributed by atoms with Gasteiger partial charge in [0.05, 0.1) is 23.6 Å². The van der Waals surface area contributed by atoms with Gasteiger partial charge in [-0.05, 0) is 31.0 Å². The fourth-order valence-electron chi connectivity index (χ4n) is 6.13. The number of aromatic nitrogens is 2. The molecule has 0 unspecified atom stereocenters. The Kier molecular flexibility index (Phi) is 7.71. The summed E-state index contributed by atoms with van der Waals surface area (Å²) in [5.74, 6) is 2.87. The quantitative estimate of drug-likeness (QED) is 0.0799. The maximum absolute atomic E-state index is 14.0. The Balaban J connectivity index is 0.00000118. The van der Waals surface area contributed by atoms with Crippen molar-refractivity contribution < 1.29 is 36.2 Å². The number of nitrogens with zero attached hydrogens (tertiary/aromatic N) is 5. The van der Waals surface area contributed by atoms with E-state index in [9.17, 15) is 31.4 Å². The van der Waals surface area contributed by atoms with E-state index in [-0.39, 0.29) is 47.2 Å². The van der Waals surface area contributed by atoms with Gasteiger partial charge in [0.15, 0.2) is 5.84 Å². The van der Waals surface area contributed by atoms with Crippen LogP contribution in [0, 0.1) is 5.41 Å². The molecule has 3 fully saturated rings. The number of hydrogen-bond donors (Lipinski definition) is 4. The van der Waals surface area contributed by atoms with E-state index in [1.165, 1.54) is 24.4 Å². The van der Waals surface area contributed by atoms with Gasteiger partial charge in [-0.15, -0.1) is 5.10 Å². The summed E-state index contributed by atoms with van der Waals surface area (Å²) in [7, 11) is 0. The third-order valence-electron chi connectivity index (χ3n) is 8.20. The first-order valence-corrected chi connectivity index (χ1v) is 13.3. The molecule has 1 aromatic carbocycles. The Morgan fingerprint density at radius 2 is 1.79 bits per heavy atom. The molecule has 7 N–H and O–H groups in total. The van der Waals surface area contributed by atoms with E-state index in [2.05, 4.69) is 15.8 Å². The first-order valence-electron chi connectivity index (χ1n) is 13.3. The van der Waals surface area contributed by atoms with Crippen LogP contribution in [0.1, 0.15) is 43.2 Å². The molecule has 1 saturated heterocycles. The molecular formula is C27H30F6N8O2. The highest BCUT2D eigenvalue weighted by Crippen LogP contribution is 2.56. The molecule has 0 bridgehead atoms. The van der Waals surface area contributed by atoms with Crippen LogP contribution in [-0.2, 0) is 4.79 Å². The van der Waals surface area contributed by atoms with Gasteiger partial charge in [-0.3, -0.25) is 9.20 Å². The van der Waals surface area contributed by atoms with Crippen molar-refractivity contribution in [1.29, 1.82) is 0 Å². The van der Waals surface area contributed by atoms with Crippen LogP contribution < -0.4 is 22.2 Å². The maximum Gasteiger partial charge on any atom is 0.266 e. The molecule has 3 aliphatic rings. The minimum Gasteiger partial charge on any atom is -0.384 e. The number of alkyl halides is 6. The lowest BCUT2D eigenvalue weighted by Gasteiger charge is -2.62. The number of hydrogen-bond acceptors (Lipinski definition) is 7. The van der Waals surface area contributed by atoms with Gasteiger partial charge in [0.25, 0.3) is 18.8 Å². The number of carbonyl (C=O) groups excluding carboxylic acids is 1. The molecular weight excluding hydrogens is 582 g/mol. The summed E-state index contributed by atoms with van der Waals surface area (Å²) in [6.45, 7) is 0.982. The van der Waals surface area contributed by atoms with Crippen LogP contribution in [0.3, 0.4) is 0 Å². The number of hydrazone groups is 1. The topological polar surface area (TPSA) is 152 Å². The second-order valence-corrected chi connectivity index (χ2v) is 11.4. The second kappa shape index (κ2) is 10.9. The molecule has 3 heterocycles. The highest BCUT2D eigenvalue weighted by Gasteiger charge is 2.63. The number of primary amides is 1. The number of hydrazine groups is 1. The second-order valence-electron chi connectivity index (χ2n) is 11.4. The zero-order chi connectivity index (χ0) is 31.3. The largest absolute Gasteiger partial charge is 0.384 e. The molecule has 0 radical (unpaired) electrons. The van der Waals surface area contributed by atoms with Gasteiger partial charge in [-0.1, -0.05) is 12.1 Å². The van der Waals surface area contributed by atoms with Gasteiger partial charge in [-0.2, -0.15) is 0 Å². The SMILES string of the molecule is N/C(=N\N(N)C1CC(F)(F)C1)c1ccc(C(F)F)c(-c2cnc3ccc(N4CC5(C4)CC(O)(C(F)F)C5)cn23)c1.NC=O. The molecule has 232 valence electrons. The zero-order valence-electron chi connectivity index (χ0n) is 22.7. The Hall–Kier alpha value is -4.05. The lowest BCUT2D eigenvalue weighted by atomic mass is 9.55. The number of benzene rings is 1. The number of aliphatic hydroxyl groups is 1. The van der Waals surface area contributed by atoms with Crippen molar-refractivity contribution >= 4 is 23.6 Å². The lowest BCUT2D eigenvalue weighted by molar-refractivity contribution is -0.209. The van der Waals surface area contributed by atoms with E-state index in [1.54, 1.807) is 16.7 Å². The summed E-state index contributed by atoms with van der Waals surface area (Å²) in [5.41, 5.74) is 9.70. The molecule has 2 saturated carbocycles. The van der Waals surface area contributed by atoms with Crippen molar-refractivity contribution in [2.45, 2.75) is 56.1 Å². The van der Waals surface area contributed by atoms with E-state index in [0.29, 0.717) is 24.4 Å². The Morgan fingerprint density at radius 1 is 1.14 bits per heavy atom. The van der Waals surface area contributed by atoms with Crippen molar-refractivity contribution in [1.82, 2.24) is 14.5 Å². The Labute approximate surface area is 241 Å². The van der Waals surface area contributed by atoms with Gasteiger partial charge >= 0.3 is 0 Å². The van der Waals surface area contributed by atoms with Gasteiger partial charge < -0.3 is 21.5 Å². The lowest BCUT2D eigenvalue weighted by Crippen LogP contribution is -2.70. The standard InChI is InChI=1S/C26H27F6N7O.CH3NO/c27-21(28)17-3-1-14(22(33)36-39(34)16-6-26(31,32)7-16)5-18(17)19-8-35-20-4-2-15(9-38(19)20)37-12-24(13-37)10-25(40,11-24)23(29)30;2-1-3/h1-5,8-9,16,21,23,40H,6-7,10-13,34H2,(H2,33,36);1H,(H2,2,3). The number of rotatable bonds is 7. The number of anilines is 1. The fraction of sp³-hybridized carbons (Fsp3) is 0.444. The van der Waals surface area contributed by atoms with Crippen molar-refractivity contribution in [2.24, 2.45) is 27.8 Å². The monoisotopic (exact) mass is 612 g/mol. The van der Waals surface area contributed by atoms with Crippen LogP contribution in [0.5, 0.6) is 0 Å². The number of amidine groups is 1. The highest BCUT2D eigenvalue weighted by molar-refractivity contribution is 5.98. The van der Waals surface area contributed by atoms with E-state index >= 15 is 0 Å². The number of halogens is 6. The first kappa shape index (κ1) is 30.4. The summed E-state index contributed by atoms with van der Waals surface area (Å²) in [6, 6.07) is 6.86. The van der Waals surface area contributed by atoms with Gasteiger partial charge in [0, 0.05) is 54.2 Å². The van der Waals surface area contributed by atoms with Crippen LogP contribution in [0.15, 0.2) is 47.8 Å². The predicted octanol–water partition coefficient (Wildman–Crippen LogP) is 3.23. The van der Waals surface area contributed by atoms with Crippen molar-refractivity contribution in [3.63, 3.8) is 0 Å². The molecule has 43 heavy (non-hydrogen) atoms. The van der Waals surface area contributed by atoms with E-state index in [4.69, 9.17) is 16.4 Å². The molecule has 1 aliphatic heterocycles. The van der Waals surface area contributed by atoms with Crippen LogP contribution in [0.2, 0.25) is 0 Å². The molecule has 2 aromatic heterocycles. The maximum atomic E-state index is 14.0. The number of imidazole rings is 1. The molecule has 1 spiro atoms. The highest BCUT2D eigenvalue weighted by atomic mass is 19.3. The van der Waals surface area contributed by atoms with Crippen LogP contribution in [0.4, 0.5) is 32.0 Å². The van der Waals surface area contributed by atoms with Crippen LogP contribution in [-0.4, -0.2) is 68.9 Å². The van der Waals surface area contributed by atoms with Crippen LogP contribution >= 0.6 is 0 Å². The third kappa shape index (κ3) is 5.68. The average Bonchev–Trinajstić information content (AvgIpc) is 3.31. The fourth-order valence-corrected chi connectivity index (χ4v) is 6.13. The molecule has 0 atom stereocenters. The van der Waals surface area contributed by atoms with Crippen molar-refractivity contribution in [2.75, 3.05) is 18.0 Å². The molecule has 6 rings (SSSR count). The smallest absolute Gasteiger partial charge is 0.266 e. The van der Waals surface area contributed by atoms with E-state index < -0.39 is 43.3 Å². The number of nitrogens with two attached hydrogens (primary N) is 3. The zero-order valence-corrected chi connectivity index (χ0v) is 22.7. The van der Waals surface area contributed by atoms with Crippen molar-refractivity contribution in [3.05, 3.63) is 53.9 Å². The molecule has 10 nitrogen and oxygen atoms in total. The average molecular weight is 613 g/mol. The summed E-state index contributed by atoms with van der Waals surface area (Å²) >= 11 is 0. The molecule has 1 amide bonds. The van der Waals surface area contributed by atoms with Crippen LogP contribution in [0.25, 0.3) is 16.9 Å². The number of pyridine rings is 1. The van der Waals surface area contributed by atoms with Gasteiger partial charge in [0.2, 0.25) is 6.41 Å². The minimum atomic E-state index is -2.82. The molecule has 16 heteroatoms. The summed E-state index contributed by atoms with van der Waals surface area (Å²) in [4.78, 5) is 14.9. The Morgan fingerprint density at radius 3 is 2.37 bits per heavy atom. The van der Waals surface area contributed by atoms with E-state index in [0.717, 1.165) is 10.8 Å².